The molecular formula is C8H14N2O2. The van der Waals surface area contributed by atoms with E-state index in [1.807, 2.05) is 0 Å². The number of nitrogens with one attached hydrogen (secondary N) is 2. The Hall–Kier alpha value is -0.770. The lowest BCUT2D eigenvalue weighted by molar-refractivity contribution is 0.0470. The van der Waals surface area contributed by atoms with Crippen LogP contribution in [0.5, 0.6) is 0 Å². The van der Waals surface area contributed by atoms with Crippen molar-refractivity contribution in [2.24, 2.45) is 0 Å². The maximum atomic E-state index is 10.9. The summed E-state index contributed by atoms with van der Waals surface area (Å²) in [5, 5.41) is 6.01. The number of carbonyl (C=O) groups excluding carboxylic acids is 1. The van der Waals surface area contributed by atoms with Crippen molar-refractivity contribution < 1.29 is 9.53 Å². The molecule has 0 radical (unpaired) electrons. The second kappa shape index (κ2) is 2.94. The minimum absolute atomic E-state index is 0.194. The Bertz CT molecular complexity index is 185. The van der Waals surface area contributed by atoms with Gasteiger partial charge in [-0.15, -0.1) is 0 Å². The molecule has 4 nitrogen and oxygen atoms in total. The van der Waals surface area contributed by atoms with Crippen molar-refractivity contribution in [3.63, 3.8) is 0 Å². The quantitative estimate of drug-likeness (QED) is 0.547. The van der Waals surface area contributed by atoms with Crippen molar-refractivity contribution in [3.8, 4) is 0 Å². The van der Waals surface area contributed by atoms with E-state index in [2.05, 4.69) is 10.6 Å². The Morgan fingerprint density at radius 1 is 1.33 bits per heavy atom. The Morgan fingerprint density at radius 2 is 2.25 bits per heavy atom. The topological polar surface area (TPSA) is 50.4 Å². The van der Waals surface area contributed by atoms with Crippen LogP contribution in [-0.2, 0) is 4.74 Å². The molecule has 2 fully saturated rings. The van der Waals surface area contributed by atoms with E-state index in [1.54, 1.807) is 0 Å². The largest absolute Gasteiger partial charge is 0.441 e. The van der Waals surface area contributed by atoms with E-state index in [9.17, 15) is 4.79 Å². The van der Waals surface area contributed by atoms with E-state index < -0.39 is 0 Å². The summed E-state index contributed by atoms with van der Waals surface area (Å²) in [6.45, 7) is 2.68. The SMILES string of the molecule is O=C1NC[C@]2(CCCNCC2)O1. The predicted molar refractivity (Wildman–Crippen MR) is 43.9 cm³/mol. The van der Waals surface area contributed by atoms with E-state index in [0.717, 1.165) is 32.4 Å². The van der Waals surface area contributed by atoms with Gasteiger partial charge in [-0.2, -0.15) is 0 Å². The zero-order valence-corrected chi connectivity index (χ0v) is 7.06. The minimum Gasteiger partial charge on any atom is -0.441 e. The van der Waals surface area contributed by atoms with Crippen LogP contribution in [0, 0.1) is 0 Å². The van der Waals surface area contributed by atoms with Crippen LogP contribution in [0.2, 0.25) is 0 Å². The molecule has 0 bridgehead atoms. The van der Waals surface area contributed by atoms with Gasteiger partial charge < -0.3 is 15.4 Å². The normalized spacial score (nSPS) is 35.8. The lowest BCUT2D eigenvalue weighted by atomic mass is 9.95. The first-order valence-electron chi connectivity index (χ1n) is 4.48. The molecule has 12 heavy (non-hydrogen) atoms. The van der Waals surface area contributed by atoms with Gasteiger partial charge in [0.15, 0.2) is 0 Å². The first kappa shape index (κ1) is 7.86. The molecule has 0 saturated carbocycles. The Labute approximate surface area is 71.7 Å². The number of hydrogen-bond acceptors (Lipinski definition) is 3. The highest BCUT2D eigenvalue weighted by atomic mass is 16.6. The summed E-state index contributed by atoms with van der Waals surface area (Å²) in [5.41, 5.74) is -0.194. The molecule has 2 heterocycles. The van der Waals surface area contributed by atoms with Gasteiger partial charge in [0.05, 0.1) is 6.54 Å². The average molecular weight is 170 g/mol. The van der Waals surface area contributed by atoms with Crippen molar-refractivity contribution in [3.05, 3.63) is 0 Å². The van der Waals surface area contributed by atoms with Gasteiger partial charge in [-0.3, -0.25) is 0 Å². The van der Waals surface area contributed by atoms with Gasteiger partial charge in [-0.1, -0.05) is 0 Å². The van der Waals surface area contributed by atoms with E-state index in [1.165, 1.54) is 0 Å². The first-order valence-corrected chi connectivity index (χ1v) is 4.48. The number of rotatable bonds is 0. The van der Waals surface area contributed by atoms with E-state index in [4.69, 9.17) is 4.74 Å². The lowest BCUT2D eigenvalue weighted by Gasteiger charge is -2.23. The maximum Gasteiger partial charge on any atom is 0.407 e. The van der Waals surface area contributed by atoms with Gasteiger partial charge in [-0.05, 0) is 25.9 Å². The van der Waals surface area contributed by atoms with Crippen LogP contribution in [-0.4, -0.2) is 31.3 Å². The van der Waals surface area contributed by atoms with Crippen molar-refractivity contribution in [1.82, 2.24) is 10.6 Å². The summed E-state index contributed by atoms with van der Waals surface area (Å²) >= 11 is 0. The monoisotopic (exact) mass is 170 g/mol. The van der Waals surface area contributed by atoms with E-state index in [-0.39, 0.29) is 11.7 Å². The molecule has 0 aromatic rings. The zero-order chi connectivity index (χ0) is 8.44. The fraction of sp³-hybridized carbons (Fsp3) is 0.875. The molecule has 1 spiro atoms. The lowest BCUT2D eigenvalue weighted by Crippen LogP contribution is -2.34. The summed E-state index contributed by atoms with van der Waals surface area (Å²) in [7, 11) is 0. The van der Waals surface area contributed by atoms with Gasteiger partial charge >= 0.3 is 6.09 Å². The Balaban J connectivity index is 2.03. The van der Waals surface area contributed by atoms with Crippen molar-refractivity contribution in [2.75, 3.05) is 19.6 Å². The summed E-state index contributed by atoms with van der Waals surface area (Å²) in [6.07, 6.45) is 2.76. The fourth-order valence-corrected chi connectivity index (χ4v) is 1.88. The Morgan fingerprint density at radius 3 is 3.00 bits per heavy atom. The van der Waals surface area contributed by atoms with Gasteiger partial charge in [0.1, 0.15) is 5.60 Å². The zero-order valence-electron chi connectivity index (χ0n) is 7.06. The molecule has 0 aliphatic carbocycles. The molecule has 4 heteroatoms. The van der Waals surface area contributed by atoms with Crippen molar-refractivity contribution in [1.29, 1.82) is 0 Å². The smallest absolute Gasteiger partial charge is 0.407 e. The highest BCUT2D eigenvalue weighted by molar-refractivity contribution is 5.70. The molecule has 0 aromatic heterocycles. The summed E-state index contributed by atoms with van der Waals surface area (Å²) in [6, 6.07) is 0. The number of hydrogen-bond donors (Lipinski definition) is 2. The van der Waals surface area contributed by atoms with Gasteiger partial charge in [0, 0.05) is 6.42 Å². The number of amides is 1. The van der Waals surface area contributed by atoms with E-state index >= 15 is 0 Å². The summed E-state index contributed by atoms with van der Waals surface area (Å²) < 4.78 is 5.28. The van der Waals surface area contributed by atoms with Crippen molar-refractivity contribution >= 4 is 6.09 Å². The summed E-state index contributed by atoms with van der Waals surface area (Å²) in [4.78, 5) is 10.9. The predicted octanol–water partition coefficient (Wildman–Crippen LogP) is 0.238. The highest BCUT2D eigenvalue weighted by Gasteiger charge is 2.39. The molecule has 2 saturated heterocycles. The molecule has 1 amide bonds. The standard InChI is InChI=1S/C8H14N2O2/c11-7-10-6-8(12-7)2-1-4-9-5-3-8/h9H,1-6H2,(H,10,11)/t8-/m1/s1. The molecule has 2 aliphatic rings. The van der Waals surface area contributed by atoms with Gasteiger partial charge in [-0.25, -0.2) is 4.79 Å². The minimum atomic E-state index is -0.253. The molecule has 0 unspecified atom stereocenters. The third kappa shape index (κ3) is 1.39. The Kier molecular flexibility index (Phi) is 1.92. The summed E-state index contributed by atoms with van der Waals surface area (Å²) in [5.74, 6) is 0. The van der Waals surface area contributed by atoms with Gasteiger partial charge in [0.25, 0.3) is 0 Å². The van der Waals surface area contributed by atoms with Crippen LogP contribution in [0.1, 0.15) is 19.3 Å². The third-order valence-corrected chi connectivity index (χ3v) is 2.61. The van der Waals surface area contributed by atoms with Crippen LogP contribution in [0.15, 0.2) is 0 Å². The molecular weight excluding hydrogens is 156 g/mol. The number of carbonyl (C=O) groups is 1. The molecule has 1 atom stereocenters. The van der Waals surface area contributed by atoms with Crippen LogP contribution >= 0.6 is 0 Å². The first-order chi connectivity index (χ1) is 5.81. The maximum absolute atomic E-state index is 10.9. The van der Waals surface area contributed by atoms with Crippen LogP contribution < -0.4 is 10.6 Å². The van der Waals surface area contributed by atoms with Crippen LogP contribution in [0.4, 0.5) is 4.79 Å². The third-order valence-electron chi connectivity index (χ3n) is 2.61. The van der Waals surface area contributed by atoms with Gasteiger partial charge in [0.2, 0.25) is 0 Å². The fourth-order valence-electron chi connectivity index (χ4n) is 1.88. The molecule has 68 valence electrons. The van der Waals surface area contributed by atoms with Crippen molar-refractivity contribution in [2.45, 2.75) is 24.9 Å². The highest BCUT2D eigenvalue weighted by Crippen LogP contribution is 2.26. The van der Waals surface area contributed by atoms with E-state index in [0.29, 0.717) is 6.54 Å². The molecule has 2 N–H and O–H groups in total. The second-order valence-corrected chi connectivity index (χ2v) is 3.53. The second-order valence-electron chi connectivity index (χ2n) is 3.53. The molecule has 2 rings (SSSR count). The number of alkyl carbamates (subject to hydrolysis) is 1. The van der Waals surface area contributed by atoms with Crippen LogP contribution in [0.25, 0.3) is 0 Å². The average Bonchev–Trinajstić information content (AvgIpc) is 2.30. The molecule has 2 aliphatic heterocycles. The van der Waals surface area contributed by atoms with Crippen LogP contribution in [0.3, 0.4) is 0 Å². The number of ether oxygens (including phenoxy) is 1. The molecule has 0 aromatic carbocycles.